The molecule has 1 N–H and O–H groups in total. The standard InChI is InChI=1S/C19H17F2N5OS/c1-25-16(12-4-3-8-26(11-12)19-22-7-9-28-19)10-15(24-25)18(27)23-17-13(20)5-2-6-14(17)21/h2,4-7,9-10H,3,8,11H2,1H3,(H,23,27). The first kappa shape index (κ1) is 18.3. The molecule has 0 unspecified atom stereocenters. The second-order valence-corrected chi connectivity index (χ2v) is 7.22. The SMILES string of the molecule is Cn1nc(C(=O)Nc2c(F)cccc2F)cc1C1=CCCN(c2nccs2)C1. The Kier molecular flexibility index (Phi) is 4.91. The summed E-state index contributed by atoms with van der Waals surface area (Å²) in [6.07, 6.45) is 4.73. The minimum absolute atomic E-state index is 0.0902. The van der Waals surface area contributed by atoms with Crippen LogP contribution >= 0.6 is 11.3 Å². The van der Waals surface area contributed by atoms with Crippen LogP contribution in [0.25, 0.3) is 5.57 Å². The lowest BCUT2D eigenvalue weighted by molar-refractivity contribution is 0.102. The van der Waals surface area contributed by atoms with Crippen molar-refractivity contribution in [2.75, 3.05) is 23.3 Å². The molecule has 0 spiro atoms. The number of benzene rings is 1. The van der Waals surface area contributed by atoms with E-state index in [0.29, 0.717) is 6.54 Å². The Morgan fingerprint density at radius 3 is 2.79 bits per heavy atom. The van der Waals surface area contributed by atoms with E-state index in [1.807, 2.05) is 5.38 Å². The maximum Gasteiger partial charge on any atom is 0.276 e. The molecule has 1 aliphatic rings. The molecule has 0 fully saturated rings. The molecule has 3 aromatic rings. The van der Waals surface area contributed by atoms with Crippen molar-refractivity contribution in [3.63, 3.8) is 0 Å². The summed E-state index contributed by atoms with van der Waals surface area (Å²) in [6, 6.07) is 5.04. The fraction of sp³-hybridized carbons (Fsp3) is 0.211. The number of hydrogen-bond acceptors (Lipinski definition) is 5. The summed E-state index contributed by atoms with van der Waals surface area (Å²) in [5.41, 5.74) is 1.41. The van der Waals surface area contributed by atoms with Crippen LogP contribution in [0.4, 0.5) is 19.6 Å². The van der Waals surface area contributed by atoms with Crippen molar-refractivity contribution in [3.8, 4) is 0 Å². The number of anilines is 2. The molecule has 1 amide bonds. The van der Waals surface area contributed by atoms with Crippen molar-refractivity contribution in [3.05, 3.63) is 64.9 Å². The van der Waals surface area contributed by atoms with Crippen molar-refractivity contribution in [2.45, 2.75) is 6.42 Å². The van der Waals surface area contributed by atoms with Crippen LogP contribution < -0.4 is 10.2 Å². The van der Waals surface area contributed by atoms with Crippen LogP contribution in [0.5, 0.6) is 0 Å². The second-order valence-electron chi connectivity index (χ2n) is 6.34. The van der Waals surface area contributed by atoms with E-state index in [9.17, 15) is 13.6 Å². The summed E-state index contributed by atoms with van der Waals surface area (Å²) >= 11 is 1.57. The highest BCUT2D eigenvalue weighted by molar-refractivity contribution is 7.13. The monoisotopic (exact) mass is 401 g/mol. The molecule has 6 nitrogen and oxygen atoms in total. The second kappa shape index (κ2) is 7.51. The fourth-order valence-electron chi connectivity index (χ4n) is 3.14. The van der Waals surface area contributed by atoms with Gasteiger partial charge >= 0.3 is 0 Å². The zero-order valence-electron chi connectivity index (χ0n) is 15.0. The molecule has 144 valence electrons. The number of hydrogen-bond donors (Lipinski definition) is 1. The Bertz CT molecular complexity index is 1020. The minimum atomic E-state index is -0.835. The van der Waals surface area contributed by atoms with Crippen LogP contribution in [0.1, 0.15) is 22.6 Å². The van der Waals surface area contributed by atoms with Gasteiger partial charge in [0.1, 0.15) is 17.3 Å². The predicted molar refractivity (Wildman–Crippen MR) is 104 cm³/mol. The molecule has 0 atom stereocenters. The van der Waals surface area contributed by atoms with Crippen LogP contribution in [-0.4, -0.2) is 33.8 Å². The lowest BCUT2D eigenvalue weighted by Gasteiger charge is -2.26. The van der Waals surface area contributed by atoms with Gasteiger partial charge in [0, 0.05) is 31.7 Å². The van der Waals surface area contributed by atoms with Gasteiger partial charge in [-0.3, -0.25) is 9.48 Å². The molecule has 0 radical (unpaired) electrons. The van der Waals surface area contributed by atoms with Gasteiger partial charge in [0.25, 0.3) is 5.91 Å². The van der Waals surface area contributed by atoms with E-state index in [2.05, 4.69) is 26.4 Å². The van der Waals surface area contributed by atoms with Crippen LogP contribution in [0.15, 0.2) is 41.9 Å². The number of para-hydroxylation sites is 1. The van der Waals surface area contributed by atoms with Gasteiger partial charge in [0.2, 0.25) is 0 Å². The summed E-state index contributed by atoms with van der Waals surface area (Å²) in [5.74, 6) is -2.34. The topological polar surface area (TPSA) is 63.1 Å². The highest BCUT2D eigenvalue weighted by Gasteiger charge is 2.22. The maximum atomic E-state index is 13.8. The van der Waals surface area contributed by atoms with Gasteiger partial charge in [-0.25, -0.2) is 13.8 Å². The molecule has 4 rings (SSSR count). The van der Waals surface area contributed by atoms with Crippen molar-refractivity contribution in [1.82, 2.24) is 14.8 Å². The summed E-state index contributed by atoms with van der Waals surface area (Å²) in [6.45, 7) is 1.52. The first-order valence-electron chi connectivity index (χ1n) is 8.66. The average Bonchev–Trinajstić information content (AvgIpc) is 3.35. The lowest BCUT2D eigenvalue weighted by atomic mass is 10.1. The quantitative estimate of drug-likeness (QED) is 0.724. The van der Waals surface area contributed by atoms with Crippen LogP contribution in [0, 0.1) is 11.6 Å². The van der Waals surface area contributed by atoms with Crippen molar-refractivity contribution < 1.29 is 13.6 Å². The van der Waals surface area contributed by atoms with Crippen LogP contribution in [0.2, 0.25) is 0 Å². The van der Waals surface area contributed by atoms with Crippen LogP contribution in [0.3, 0.4) is 0 Å². The zero-order valence-corrected chi connectivity index (χ0v) is 15.8. The van der Waals surface area contributed by atoms with Crippen LogP contribution in [-0.2, 0) is 7.05 Å². The third-order valence-electron chi connectivity index (χ3n) is 4.48. The highest BCUT2D eigenvalue weighted by Crippen LogP contribution is 2.27. The van der Waals surface area contributed by atoms with Gasteiger partial charge in [0.05, 0.1) is 5.69 Å². The number of thiazole rings is 1. The first-order valence-corrected chi connectivity index (χ1v) is 9.54. The normalized spacial score (nSPS) is 14.1. The molecular weight excluding hydrogens is 384 g/mol. The number of rotatable bonds is 4. The predicted octanol–water partition coefficient (Wildman–Crippen LogP) is 3.70. The molecular formula is C19H17F2N5OS. The number of nitrogens with one attached hydrogen (secondary N) is 1. The maximum absolute atomic E-state index is 13.8. The lowest BCUT2D eigenvalue weighted by Crippen LogP contribution is -2.29. The van der Waals surface area contributed by atoms with E-state index < -0.39 is 23.2 Å². The number of carbonyl (C=O) groups is 1. The van der Waals surface area contributed by atoms with Gasteiger partial charge in [-0.15, -0.1) is 11.3 Å². The molecule has 1 aliphatic heterocycles. The summed E-state index contributed by atoms with van der Waals surface area (Å²) < 4.78 is 29.2. The molecule has 0 saturated heterocycles. The number of halogens is 2. The summed E-state index contributed by atoms with van der Waals surface area (Å²) in [4.78, 5) is 19.0. The molecule has 0 aliphatic carbocycles. The summed E-state index contributed by atoms with van der Waals surface area (Å²) in [7, 11) is 1.74. The molecule has 0 saturated carbocycles. The molecule has 9 heteroatoms. The van der Waals surface area contributed by atoms with Gasteiger partial charge in [-0.1, -0.05) is 12.1 Å². The van der Waals surface area contributed by atoms with Crippen molar-refractivity contribution >= 4 is 33.6 Å². The van der Waals surface area contributed by atoms with E-state index in [1.54, 1.807) is 35.3 Å². The van der Waals surface area contributed by atoms with Crippen molar-refractivity contribution in [1.29, 1.82) is 0 Å². The summed E-state index contributed by atoms with van der Waals surface area (Å²) in [5, 5.41) is 9.36. The van der Waals surface area contributed by atoms with E-state index >= 15 is 0 Å². The molecule has 1 aromatic carbocycles. The van der Waals surface area contributed by atoms with E-state index in [4.69, 9.17) is 0 Å². The average molecular weight is 401 g/mol. The van der Waals surface area contributed by atoms with Crippen molar-refractivity contribution in [2.24, 2.45) is 7.05 Å². The van der Waals surface area contributed by atoms with Gasteiger partial charge in [0.15, 0.2) is 10.8 Å². The van der Waals surface area contributed by atoms with Gasteiger partial charge in [-0.2, -0.15) is 5.10 Å². The zero-order chi connectivity index (χ0) is 19.7. The molecule has 2 aromatic heterocycles. The van der Waals surface area contributed by atoms with Gasteiger partial charge in [-0.05, 0) is 30.2 Å². The minimum Gasteiger partial charge on any atom is -0.343 e. The highest BCUT2D eigenvalue weighted by atomic mass is 32.1. The first-order chi connectivity index (χ1) is 13.5. The largest absolute Gasteiger partial charge is 0.343 e. The third-order valence-corrected chi connectivity index (χ3v) is 5.32. The number of aromatic nitrogens is 3. The molecule has 3 heterocycles. The van der Waals surface area contributed by atoms with E-state index in [0.717, 1.165) is 41.5 Å². The third kappa shape index (κ3) is 3.53. The van der Waals surface area contributed by atoms with E-state index in [-0.39, 0.29) is 5.69 Å². The number of carbonyl (C=O) groups excluding carboxylic acids is 1. The fourth-order valence-corrected chi connectivity index (χ4v) is 3.81. The Morgan fingerprint density at radius 1 is 1.29 bits per heavy atom. The Labute approximate surface area is 164 Å². The molecule has 28 heavy (non-hydrogen) atoms. The van der Waals surface area contributed by atoms with Gasteiger partial charge < -0.3 is 10.2 Å². The Balaban J connectivity index is 1.55. The number of nitrogens with zero attached hydrogens (tertiary/aromatic N) is 4. The number of aryl methyl sites for hydroxylation is 1. The van der Waals surface area contributed by atoms with E-state index in [1.165, 1.54) is 6.07 Å². The Morgan fingerprint density at radius 2 is 2.07 bits per heavy atom. The smallest absolute Gasteiger partial charge is 0.276 e. The molecule has 0 bridgehead atoms. The Hall–Kier alpha value is -3.07. The number of amides is 1.